The number of H-pyrrole nitrogens is 1. The number of nitrogens with one attached hydrogen (secondary N) is 2. The van der Waals surface area contributed by atoms with Crippen molar-refractivity contribution in [2.75, 3.05) is 0 Å². The molecule has 0 saturated heterocycles. The molecule has 2 N–H and O–H groups in total. The van der Waals surface area contributed by atoms with Crippen LogP contribution in [-0.4, -0.2) is 21.5 Å². The minimum Gasteiger partial charge on any atom is -0.349 e. The fourth-order valence-corrected chi connectivity index (χ4v) is 4.00. The molecule has 1 aromatic heterocycles. The molecule has 0 radical (unpaired) electrons. The Morgan fingerprint density at radius 2 is 2.19 bits per heavy atom. The van der Waals surface area contributed by atoms with Crippen LogP contribution in [0.2, 0.25) is 0 Å². The predicted octanol–water partition coefficient (Wildman–Crippen LogP) is 3.80. The third-order valence-corrected chi connectivity index (χ3v) is 5.90. The molecular weight excluding hydrogens is 346 g/mol. The first-order valence-corrected chi connectivity index (χ1v) is 9.52. The molecule has 0 aliphatic heterocycles. The molecule has 1 heterocycles. The van der Waals surface area contributed by atoms with Crippen LogP contribution < -0.4 is 10.9 Å². The normalized spacial score (nSPS) is 22.9. The van der Waals surface area contributed by atoms with Crippen LogP contribution >= 0.6 is 12.2 Å². The molecule has 0 bridgehead atoms. The van der Waals surface area contributed by atoms with Crippen LogP contribution in [0, 0.1) is 16.6 Å². The van der Waals surface area contributed by atoms with Gasteiger partial charge in [0.15, 0.2) is 4.77 Å². The molecular formula is C20H25N3O2S. The van der Waals surface area contributed by atoms with Crippen molar-refractivity contribution in [2.24, 2.45) is 11.8 Å². The van der Waals surface area contributed by atoms with Gasteiger partial charge in [-0.05, 0) is 48.7 Å². The second-order valence-corrected chi connectivity index (χ2v) is 7.63. The van der Waals surface area contributed by atoms with E-state index < -0.39 is 0 Å². The van der Waals surface area contributed by atoms with Crippen molar-refractivity contribution in [3.63, 3.8) is 0 Å². The van der Waals surface area contributed by atoms with E-state index in [0.29, 0.717) is 39.6 Å². The minimum absolute atomic E-state index is 0.104. The summed E-state index contributed by atoms with van der Waals surface area (Å²) in [5.41, 5.74) is 0.942. The van der Waals surface area contributed by atoms with Crippen LogP contribution in [0.15, 0.2) is 35.6 Å². The Hall–Kier alpha value is -2.21. The van der Waals surface area contributed by atoms with Gasteiger partial charge in [0.25, 0.3) is 11.5 Å². The molecule has 1 aromatic carbocycles. The lowest BCUT2D eigenvalue weighted by Crippen LogP contribution is -2.43. The van der Waals surface area contributed by atoms with Crippen molar-refractivity contribution in [1.82, 2.24) is 14.9 Å². The van der Waals surface area contributed by atoms with Gasteiger partial charge in [0.1, 0.15) is 0 Å². The minimum atomic E-state index is -0.176. The van der Waals surface area contributed by atoms with Gasteiger partial charge in [-0.3, -0.25) is 14.2 Å². The van der Waals surface area contributed by atoms with E-state index in [1.807, 2.05) is 0 Å². The SMILES string of the molecule is C=CCn1c(=S)[nH]c2cc(C(=O)N[C@@H]3CCC[C@H](C)[C@H]3C)ccc2c1=O. The number of aromatic nitrogens is 2. The topological polar surface area (TPSA) is 66.9 Å². The molecule has 6 heteroatoms. The van der Waals surface area contributed by atoms with Gasteiger partial charge >= 0.3 is 0 Å². The smallest absolute Gasteiger partial charge is 0.262 e. The maximum absolute atomic E-state index is 12.7. The van der Waals surface area contributed by atoms with Crippen molar-refractivity contribution in [3.8, 4) is 0 Å². The van der Waals surface area contributed by atoms with Crippen molar-refractivity contribution < 1.29 is 4.79 Å². The van der Waals surface area contributed by atoms with Gasteiger partial charge in [-0.1, -0.05) is 32.8 Å². The molecule has 1 amide bonds. The Morgan fingerprint density at radius 1 is 1.42 bits per heavy atom. The maximum Gasteiger partial charge on any atom is 0.262 e. The van der Waals surface area contributed by atoms with E-state index in [9.17, 15) is 9.59 Å². The first kappa shape index (κ1) is 18.6. The molecule has 1 aliphatic carbocycles. The Balaban J connectivity index is 1.90. The van der Waals surface area contributed by atoms with Crippen molar-refractivity contribution in [1.29, 1.82) is 0 Å². The van der Waals surface area contributed by atoms with E-state index >= 15 is 0 Å². The summed E-state index contributed by atoms with van der Waals surface area (Å²) in [5.74, 6) is 0.975. The van der Waals surface area contributed by atoms with E-state index in [1.165, 1.54) is 11.0 Å². The van der Waals surface area contributed by atoms with Gasteiger partial charge in [-0.15, -0.1) is 6.58 Å². The van der Waals surface area contributed by atoms with Gasteiger partial charge < -0.3 is 10.3 Å². The molecule has 2 aromatic rings. The van der Waals surface area contributed by atoms with Gasteiger partial charge in [-0.25, -0.2) is 0 Å². The van der Waals surface area contributed by atoms with Gasteiger partial charge in [0.2, 0.25) is 0 Å². The molecule has 1 aliphatic rings. The summed E-state index contributed by atoms with van der Waals surface area (Å²) in [6, 6.07) is 5.29. The van der Waals surface area contributed by atoms with Gasteiger partial charge in [0, 0.05) is 18.2 Å². The summed E-state index contributed by atoms with van der Waals surface area (Å²) in [7, 11) is 0. The molecule has 5 nitrogen and oxygen atoms in total. The van der Waals surface area contributed by atoms with E-state index in [2.05, 4.69) is 30.7 Å². The average Bonchev–Trinajstić information content (AvgIpc) is 2.62. The average molecular weight is 372 g/mol. The number of carbonyl (C=O) groups excluding carboxylic acids is 1. The Kier molecular flexibility index (Phi) is 5.41. The Morgan fingerprint density at radius 3 is 2.92 bits per heavy atom. The lowest BCUT2D eigenvalue weighted by molar-refractivity contribution is 0.0891. The number of hydrogen-bond acceptors (Lipinski definition) is 3. The monoisotopic (exact) mass is 371 g/mol. The van der Waals surface area contributed by atoms with E-state index in [0.717, 1.165) is 12.8 Å². The molecule has 1 saturated carbocycles. The van der Waals surface area contributed by atoms with Gasteiger partial charge in [-0.2, -0.15) is 0 Å². The summed E-state index contributed by atoms with van der Waals surface area (Å²) in [5, 5.41) is 3.68. The number of nitrogens with zero attached hydrogens (tertiary/aromatic N) is 1. The quantitative estimate of drug-likeness (QED) is 0.634. The number of rotatable bonds is 4. The maximum atomic E-state index is 12.7. The fourth-order valence-electron chi connectivity index (χ4n) is 3.73. The zero-order chi connectivity index (χ0) is 18.8. The van der Waals surface area contributed by atoms with E-state index in [1.54, 1.807) is 24.3 Å². The third kappa shape index (κ3) is 3.51. The zero-order valence-electron chi connectivity index (χ0n) is 15.2. The number of allylic oxidation sites excluding steroid dienone is 1. The fraction of sp³-hybridized carbons (Fsp3) is 0.450. The van der Waals surface area contributed by atoms with Crippen LogP contribution in [0.25, 0.3) is 10.9 Å². The van der Waals surface area contributed by atoms with Crippen LogP contribution in [-0.2, 0) is 6.54 Å². The number of aromatic amines is 1. The highest BCUT2D eigenvalue weighted by Gasteiger charge is 2.28. The lowest BCUT2D eigenvalue weighted by Gasteiger charge is -2.34. The summed E-state index contributed by atoms with van der Waals surface area (Å²) in [6.07, 6.45) is 5.01. The third-order valence-electron chi connectivity index (χ3n) is 5.58. The molecule has 3 atom stereocenters. The highest BCUT2D eigenvalue weighted by atomic mass is 32.1. The second-order valence-electron chi connectivity index (χ2n) is 7.24. The van der Waals surface area contributed by atoms with Crippen molar-refractivity contribution >= 4 is 29.0 Å². The predicted molar refractivity (Wildman–Crippen MR) is 107 cm³/mol. The first-order chi connectivity index (χ1) is 12.4. The van der Waals surface area contributed by atoms with E-state index in [4.69, 9.17) is 12.2 Å². The summed E-state index contributed by atoms with van der Waals surface area (Å²) < 4.78 is 1.78. The molecule has 3 rings (SSSR count). The standard InChI is InChI=1S/C20H25N3O2S/c1-4-10-23-19(25)15-9-8-14(11-17(15)22-20(23)26)18(24)21-16-7-5-6-12(2)13(16)3/h4,8-9,11-13,16H,1,5-7,10H2,2-3H3,(H,21,24)(H,22,26)/t12-,13+,16+/m0/s1. The van der Waals surface area contributed by atoms with Crippen LogP contribution in [0.3, 0.4) is 0 Å². The molecule has 0 spiro atoms. The van der Waals surface area contributed by atoms with Gasteiger partial charge in [0.05, 0.1) is 10.9 Å². The molecule has 138 valence electrons. The highest BCUT2D eigenvalue weighted by molar-refractivity contribution is 7.71. The Labute approximate surface area is 158 Å². The van der Waals surface area contributed by atoms with Crippen LogP contribution in [0.1, 0.15) is 43.5 Å². The second kappa shape index (κ2) is 7.58. The molecule has 0 unspecified atom stereocenters. The first-order valence-electron chi connectivity index (χ1n) is 9.11. The number of benzene rings is 1. The number of amides is 1. The van der Waals surface area contributed by atoms with E-state index in [-0.39, 0.29) is 17.5 Å². The molecule has 1 fully saturated rings. The lowest BCUT2D eigenvalue weighted by atomic mass is 9.78. The summed E-state index contributed by atoms with van der Waals surface area (Å²) >= 11 is 5.26. The largest absolute Gasteiger partial charge is 0.349 e. The summed E-state index contributed by atoms with van der Waals surface area (Å²) in [6.45, 7) is 8.45. The van der Waals surface area contributed by atoms with Crippen LogP contribution in [0.4, 0.5) is 0 Å². The summed E-state index contributed by atoms with van der Waals surface area (Å²) in [4.78, 5) is 28.3. The highest BCUT2D eigenvalue weighted by Crippen LogP contribution is 2.29. The number of carbonyl (C=O) groups is 1. The molecule has 26 heavy (non-hydrogen) atoms. The number of fused-ring (bicyclic) bond motifs is 1. The van der Waals surface area contributed by atoms with Crippen molar-refractivity contribution in [2.45, 2.75) is 45.7 Å². The number of hydrogen-bond donors (Lipinski definition) is 2. The Bertz CT molecular complexity index is 960. The van der Waals surface area contributed by atoms with Crippen molar-refractivity contribution in [3.05, 3.63) is 51.5 Å². The van der Waals surface area contributed by atoms with Crippen LogP contribution in [0.5, 0.6) is 0 Å². The zero-order valence-corrected chi connectivity index (χ0v) is 16.1.